The molecule has 10 heteroatoms. The second kappa shape index (κ2) is 17.3. The van der Waals surface area contributed by atoms with Gasteiger partial charge in [0.05, 0.1) is 39.6 Å². The zero-order valence-electron chi connectivity index (χ0n) is 26.7. The van der Waals surface area contributed by atoms with Crippen LogP contribution in [0.4, 0.5) is 4.39 Å². The first kappa shape index (κ1) is 35.8. The maximum Gasteiger partial charge on any atom is 0.361 e. The van der Waals surface area contributed by atoms with Crippen LogP contribution in [0.3, 0.4) is 0 Å². The van der Waals surface area contributed by atoms with Gasteiger partial charge < -0.3 is 33.5 Å². The first-order valence-corrected chi connectivity index (χ1v) is 16.6. The number of hydrogen-bond donors (Lipinski definition) is 1. The summed E-state index contributed by atoms with van der Waals surface area (Å²) in [6, 6.07) is 37.6. The maximum absolute atomic E-state index is 16.8. The van der Waals surface area contributed by atoms with E-state index in [-0.39, 0.29) is 39.6 Å². The van der Waals surface area contributed by atoms with Gasteiger partial charge in [0.15, 0.2) is 0 Å². The molecule has 0 aliphatic carbocycles. The zero-order chi connectivity index (χ0) is 33.8. The molecule has 1 aliphatic heterocycles. The summed E-state index contributed by atoms with van der Waals surface area (Å²) in [6.07, 6.45) is -4.83. The molecule has 254 valence electrons. The molecule has 6 atom stereocenters. The summed E-state index contributed by atoms with van der Waals surface area (Å²) in [5, 5.41) is 12.3. The lowest BCUT2D eigenvalue weighted by molar-refractivity contribution is -0.387. The van der Waals surface area contributed by atoms with Crippen molar-refractivity contribution in [3.63, 3.8) is 0 Å². The molecule has 0 spiro atoms. The Bertz CT molecular complexity index is 1530. The van der Waals surface area contributed by atoms with E-state index in [0.717, 1.165) is 22.3 Å². The van der Waals surface area contributed by atoms with Gasteiger partial charge in [-0.05, 0) is 45.1 Å². The molecule has 0 bridgehead atoms. The van der Waals surface area contributed by atoms with Gasteiger partial charge in [-0.1, -0.05) is 121 Å². The predicted octanol–water partition coefficient (Wildman–Crippen LogP) is 6.67. The van der Waals surface area contributed by atoms with Crippen LogP contribution in [0.1, 0.15) is 29.2 Å². The van der Waals surface area contributed by atoms with Crippen LogP contribution in [0.2, 0.25) is 0 Å². The molecule has 1 N–H and O–H groups in total. The Morgan fingerprint density at radius 1 is 0.729 bits per heavy atom. The van der Waals surface area contributed by atoms with Crippen molar-refractivity contribution < 1.29 is 42.7 Å². The van der Waals surface area contributed by atoms with Crippen molar-refractivity contribution in [3.8, 4) is 0 Å². The predicted molar refractivity (Wildman–Crippen MR) is 180 cm³/mol. The molecule has 1 fully saturated rings. The summed E-state index contributed by atoms with van der Waals surface area (Å²) in [4.78, 5) is 13.1. The molecule has 0 saturated carbocycles. The summed E-state index contributed by atoms with van der Waals surface area (Å²) < 4.78 is 50.2. The fraction of sp³-hybridized carbons (Fsp3) is 0.342. The monoisotopic (exact) mass is 722 g/mol. The molecular weight excluding hydrogens is 683 g/mol. The van der Waals surface area contributed by atoms with Crippen LogP contribution >= 0.6 is 15.9 Å². The minimum atomic E-state index is -3.27. The van der Waals surface area contributed by atoms with Gasteiger partial charge in [0.2, 0.25) is 0 Å². The molecule has 0 amide bonds. The summed E-state index contributed by atoms with van der Waals surface area (Å²) in [7, 11) is 0. The summed E-state index contributed by atoms with van der Waals surface area (Å²) in [6.45, 7) is 1.62. The van der Waals surface area contributed by atoms with Gasteiger partial charge in [-0.25, -0.2) is 9.18 Å². The van der Waals surface area contributed by atoms with Gasteiger partial charge in [-0.15, -0.1) is 0 Å². The van der Waals surface area contributed by atoms with Crippen molar-refractivity contribution in [3.05, 3.63) is 144 Å². The zero-order valence-corrected chi connectivity index (χ0v) is 28.2. The SMILES string of the molecule is CCOC(=O)C(F)(Br)C1(O)O[C@H](COCc2ccccc2)[C@H](OCc2ccccc2)[C@H](OCc2ccccc2)[C@H]1OCc1ccccc1. The molecule has 0 radical (unpaired) electrons. The number of carbonyl (C=O) groups excluding carboxylic acids is 1. The van der Waals surface area contributed by atoms with Gasteiger partial charge in [0.1, 0.15) is 24.4 Å². The third-order valence-electron chi connectivity index (χ3n) is 7.92. The number of rotatable bonds is 16. The van der Waals surface area contributed by atoms with E-state index in [9.17, 15) is 9.90 Å². The fourth-order valence-corrected chi connectivity index (χ4v) is 5.91. The van der Waals surface area contributed by atoms with Gasteiger partial charge in [0.25, 0.3) is 5.79 Å². The topological polar surface area (TPSA) is 92.7 Å². The Kier molecular flexibility index (Phi) is 12.9. The smallest absolute Gasteiger partial charge is 0.361 e. The fourth-order valence-electron chi connectivity index (χ4n) is 5.47. The number of hydrogen-bond acceptors (Lipinski definition) is 8. The van der Waals surface area contributed by atoms with Crippen molar-refractivity contribution in [2.24, 2.45) is 0 Å². The van der Waals surface area contributed by atoms with E-state index < -0.39 is 40.8 Å². The quantitative estimate of drug-likeness (QED) is 0.101. The number of benzene rings is 4. The first-order valence-electron chi connectivity index (χ1n) is 15.8. The van der Waals surface area contributed by atoms with E-state index in [0.29, 0.717) is 0 Å². The molecule has 1 heterocycles. The summed E-state index contributed by atoms with van der Waals surface area (Å²) in [5.41, 5.74) is 3.34. The van der Waals surface area contributed by atoms with Gasteiger partial charge >= 0.3 is 10.5 Å². The van der Waals surface area contributed by atoms with E-state index in [1.54, 1.807) is 0 Å². The molecular formula is C38H40BrFO8. The van der Waals surface area contributed by atoms with Crippen molar-refractivity contribution >= 4 is 21.9 Å². The standard InChI is InChI=1S/C38H40BrFO8/c1-2-44-36(41)37(39,40)38(42)35(47-26-31-21-13-6-14-22-31)34(46-25-30-19-11-5-12-20-30)33(45-24-29-17-9-4-10-18-29)32(48-38)27-43-23-28-15-7-3-8-16-28/h3-22,32-35,42H,2,23-27H2,1H3/t32-,33+,34+,35-,37?,38?/m1/s1. The average molecular weight is 724 g/mol. The van der Waals surface area contributed by atoms with E-state index in [1.807, 2.05) is 121 Å². The maximum atomic E-state index is 16.8. The van der Waals surface area contributed by atoms with Crippen LogP contribution in [-0.2, 0) is 59.6 Å². The molecule has 1 saturated heterocycles. The molecule has 4 aromatic carbocycles. The number of esters is 1. The van der Waals surface area contributed by atoms with Crippen LogP contribution in [0.25, 0.3) is 0 Å². The van der Waals surface area contributed by atoms with Crippen molar-refractivity contribution in [1.82, 2.24) is 0 Å². The van der Waals surface area contributed by atoms with Gasteiger partial charge in [-0.2, -0.15) is 0 Å². The van der Waals surface area contributed by atoms with Crippen LogP contribution in [-0.4, -0.2) is 59.1 Å². The van der Waals surface area contributed by atoms with Crippen LogP contribution < -0.4 is 0 Å². The Hall–Kier alpha value is -3.48. The molecule has 2 unspecified atom stereocenters. The Balaban J connectivity index is 1.54. The minimum Gasteiger partial charge on any atom is -0.463 e. The lowest BCUT2D eigenvalue weighted by atomic mass is 9.88. The highest BCUT2D eigenvalue weighted by molar-refractivity contribution is 9.10. The third-order valence-corrected chi connectivity index (χ3v) is 8.82. The number of carbonyl (C=O) groups is 1. The van der Waals surface area contributed by atoms with Crippen molar-refractivity contribution in [2.75, 3.05) is 13.2 Å². The van der Waals surface area contributed by atoms with Crippen molar-refractivity contribution in [1.29, 1.82) is 0 Å². The summed E-state index contributed by atoms with van der Waals surface area (Å²) in [5.74, 6) is -4.34. The second-order valence-electron chi connectivity index (χ2n) is 11.4. The van der Waals surface area contributed by atoms with Crippen LogP contribution in [0, 0.1) is 0 Å². The Morgan fingerprint density at radius 3 is 1.60 bits per heavy atom. The highest BCUT2D eigenvalue weighted by atomic mass is 79.9. The minimum absolute atomic E-state index is 0.0607. The molecule has 5 rings (SSSR count). The van der Waals surface area contributed by atoms with E-state index >= 15 is 4.39 Å². The largest absolute Gasteiger partial charge is 0.463 e. The Labute approximate surface area is 288 Å². The van der Waals surface area contributed by atoms with Crippen LogP contribution in [0.15, 0.2) is 121 Å². The third kappa shape index (κ3) is 8.95. The first-order chi connectivity index (χ1) is 23.3. The normalized spacial score (nSPS) is 23.7. The number of alkyl halides is 2. The average Bonchev–Trinajstić information content (AvgIpc) is 3.11. The highest BCUT2D eigenvalue weighted by Crippen LogP contribution is 2.46. The van der Waals surface area contributed by atoms with Gasteiger partial charge in [0, 0.05) is 0 Å². The van der Waals surface area contributed by atoms with Crippen LogP contribution in [0.5, 0.6) is 0 Å². The van der Waals surface area contributed by atoms with E-state index in [2.05, 4.69) is 15.9 Å². The molecule has 8 nitrogen and oxygen atoms in total. The van der Waals surface area contributed by atoms with Gasteiger partial charge in [-0.3, -0.25) is 0 Å². The Morgan fingerprint density at radius 2 is 1.15 bits per heavy atom. The highest BCUT2D eigenvalue weighted by Gasteiger charge is 2.70. The summed E-state index contributed by atoms with van der Waals surface area (Å²) >= 11 is 2.85. The number of halogens is 2. The number of ether oxygens (including phenoxy) is 6. The lowest BCUT2D eigenvalue weighted by Crippen LogP contribution is -2.74. The van der Waals surface area contributed by atoms with E-state index in [4.69, 9.17) is 28.4 Å². The van der Waals surface area contributed by atoms with E-state index in [1.165, 1.54) is 6.92 Å². The lowest BCUT2D eigenvalue weighted by Gasteiger charge is -2.52. The molecule has 4 aromatic rings. The molecule has 48 heavy (non-hydrogen) atoms. The molecule has 1 aliphatic rings. The van der Waals surface area contributed by atoms with Crippen molar-refractivity contribution in [2.45, 2.75) is 68.1 Å². The second-order valence-corrected chi connectivity index (χ2v) is 12.5. The molecule has 0 aromatic heterocycles. The number of aliphatic hydroxyl groups is 1.